The van der Waals surface area contributed by atoms with E-state index in [4.69, 9.17) is 10.5 Å². The van der Waals surface area contributed by atoms with E-state index in [2.05, 4.69) is 16.2 Å². The third kappa shape index (κ3) is 5.09. The molecule has 9 nitrogen and oxygen atoms in total. The average Bonchev–Trinajstić information content (AvgIpc) is 2.69. The SMILES string of the molecule is CC(C)(C)C(=O)NNC(=O)c1cc2c(cc1F)SC[C@H](OC(N)=O)C(=O)N2. The van der Waals surface area contributed by atoms with Crippen LogP contribution in [0.4, 0.5) is 14.9 Å². The summed E-state index contributed by atoms with van der Waals surface area (Å²) in [6, 6.07) is 2.22. The molecule has 0 saturated carbocycles. The first-order valence-electron chi connectivity index (χ1n) is 7.83. The highest BCUT2D eigenvalue weighted by atomic mass is 32.2. The van der Waals surface area contributed by atoms with Gasteiger partial charge in [-0.1, -0.05) is 20.8 Å². The van der Waals surface area contributed by atoms with Gasteiger partial charge in [0.1, 0.15) is 5.82 Å². The normalized spacial score (nSPS) is 16.4. The van der Waals surface area contributed by atoms with Crippen molar-refractivity contribution in [1.82, 2.24) is 10.9 Å². The number of carbonyl (C=O) groups is 4. The second-order valence-electron chi connectivity index (χ2n) is 6.71. The summed E-state index contributed by atoms with van der Waals surface area (Å²) in [6.45, 7) is 4.94. The predicted molar refractivity (Wildman–Crippen MR) is 95.3 cm³/mol. The van der Waals surface area contributed by atoms with Gasteiger partial charge in [-0.15, -0.1) is 11.8 Å². The molecule has 0 radical (unpaired) electrons. The van der Waals surface area contributed by atoms with Crippen LogP contribution in [0.25, 0.3) is 0 Å². The van der Waals surface area contributed by atoms with E-state index < -0.39 is 41.2 Å². The molecule has 1 heterocycles. The molecular weight excluding hydrogens is 379 g/mol. The molecule has 0 aromatic heterocycles. The van der Waals surface area contributed by atoms with Crippen molar-refractivity contribution < 1.29 is 28.3 Å². The van der Waals surface area contributed by atoms with Crippen molar-refractivity contribution in [2.24, 2.45) is 11.1 Å². The van der Waals surface area contributed by atoms with Crippen molar-refractivity contribution >= 4 is 41.3 Å². The molecule has 0 aliphatic carbocycles. The van der Waals surface area contributed by atoms with E-state index in [0.717, 1.165) is 23.9 Å². The first kappa shape index (κ1) is 20.5. The van der Waals surface area contributed by atoms with Crippen molar-refractivity contribution in [1.29, 1.82) is 0 Å². The van der Waals surface area contributed by atoms with Crippen LogP contribution in [0.1, 0.15) is 31.1 Å². The third-order valence-electron chi connectivity index (χ3n) is 3.48. The number of rotatable bonds is 2. The Balaban J connectivity index is 2.18. The Bertz CT molecular complexity index is 809. The lowest BCUT2D eigenvalue weighted by Crippen LogP contribution is -2.46. The quantitative estimate of drug-likeness (QED) is 0.551. The Morgan fingerprint density at radius 1 is 1.30 bits per heavy atom. The number of primary amides is 1. The third-order valence-corrected chi connectivity index (χ3v) is 4.60. The van der Waals surface area contributed by atoms with Gasteiger partial charge in [-0.25, -0.2) is 9.18 Å². The number of benzene rings is 1. The summed E-state index contributed by atoms with van der Waals surface area (Å²) in [4.78, 5) is 47.3. The number of thioether (sulfide) groups is 1. The number of halogens is 1. The Kier molecular flexibility index (Phi) is 5.94. The minimum Gasteiger partial charge on any atom is -0.435 e. The number of hydrazine groups is 1. The van der Waals surface area contributed by atoms with Crippen LogP contribution in [0, 0.1) is 11.2 Å². The van der Waals surface area contributed by atoms with Gasteiger partial charge in [-0.2, -0.15) is 0 Å². The number of hydrogen-bond acceptors (Lipinski definition) is 6. The predicted octanol–water partition coefficient (Wildman–Crippen LogP) is 1.14. The van der Waals surface area contributed by atoms with Crippen LogP contribution in [0.3, 0.4) is 0 Å². The van der Waals surface area contributed by atoms with E-state index in [0.29, 0.717) is 4.90 Å². The highest BCUT2D eigenvalue weighted by Gasteiger charge is 2.29. The second kappa shape index (κ2) is 7.82. The fourth-order valence-electron chi connectivity index (χ4n) is 2.00. The zero-order valence-corrected chi connectivity index (χ0v) is 15.7. The molecule has 0 spiro atoms. The molecule has 2 rings (SSSR count). The molecule has 11 heteroatoms. The van der Waals surface area contributed by atoms with E-state index in [1.54, 1.807) is 20.8 Å². The highest BCUT2D eigenvalue weighted by Crippen LogP contribution is 2.33. The van der Waals surface area contributed by atoms with Gasteiger partial charge in [0.15, 0.2) is 6.10 Å². The molecule has 0 unspecified atom stereocenters. The van der Waals surface area contributed by atoms with E-state index >= 15 is 0 Å². The summed E-state index contributed by atoms with van der Waals surface area (Å²) in [6.07, 6.45) is -2.26. The van der Waals surface area contributed by atoms with Crippen molar-refractivity contribution in [2.45, 2.75) is 31.8 Å². The number of ether oxygens (including phenoxy) is 1. The Labute approximate surface area is 158 Å². The maximum atomic E-state index is 14.3. The van der Waals surface area contributed by atoms with Crippen molar-refractivity contribution in [3.05, 3.63) is 23.5 Å². The van der Waals surface area contributed by atoms with Crippen LogP contribution in [-0.4, -0.2) is 35.7 Å². The van der Waals surface area contributed by atoms with Crippen molar-refractivity contribution in [3.8, 4) is 0 Å². The van der Waals surface area contributed by atoms with Gasteiger partial charge in [0.2, 0.25) is 5.91 Å². The monoisotopic (exact) mass is 398 g/mol. The Morgan fingerprint density at radius 2 is 1.96 bits per heavy atom. The first-order valence-corrected chi connectivity index (χ1v) is 8.81. The summed E-state index contributed by atoms with van der Waals surface area (Å²) in [7, 11) is 0. The molecule has 146 valence electrons. The summed E-state index contributed by atoms with van der Waals surface area (Å²) >= 11 is 1.06. The molecule has 1 aliphatic rings. The van der Waals surface area contributed by atoms with Gasteiger partial charge in [0, 0.05) is 16.1 Å². The zero-order chi connectivity index (χ0) is 20.4. The molecule has 0 saturated heterocycles. The van der Waals surface area contributed by atoms with E-state index in [-0.39, 0.29) is 17.0 Å². The maximum absolute atomic E-state index is 14.3. The standard InChI is InChI=1S/C16H19FN4O5S/c1-16(2,3)14(24)21-20-12(22)7-4-9-11(5-8(7)17)27-6-10(13(23)19-9)26-15(18)25/h4-5,10H,6H2,1-3H3,(H2,18,25)(H,19,23)(H,20,22)(H,21,24)/t10-/m0/s1. The van der Waals surface area contributed by atoms with Crippen molar-refractivity contribution in [2.75, 3.05) is 11.1 Å². The molecular formula is C16H19FN4O5S. The lowest BCUT2D eigenvalue weighted by Gasteiger charge is -2.18. The Morgan fingerprint density at radius 3 is 2.56 bits per heavy atom. The lowest BCUT2D eigenvalue weighted by molar-refractivity contribution is -0.129. The number of nitrogens with one attached hydrogen (secondary N) is 3. The number of carbonyl (C=O) groups excluding carboxylic acids is 4. The fraction of sp³-hybridized carbons (Fsp3) is 0.375. The Hall–Kier alpha value is -2.82. The van der Waals surface area contributed by atoms with Crippen LogP contribution in [0.2, 0.25) is 0 Å². The summed E-state index contributed by atoms with van der Waals surface area (Å²) < 4.78 is 19.0. The summed E-state index contributed by atoms with van der Waals surface area (Å²) in [5.74, 6) is -2.80. The topological polar surface area (TPSA) is 140 Å². The smallest absolute Gasteiger partial charge is 0.405 e. The largest absolute Gasteiger partial charge is 0.435 e. The van der Waals surface area contributed by atoms with Gasteiger partial charge in [-0.05, 0) is 12.1 Å². The highest BCUT2D eigenvalue weighted by molar-refractivity contribution is 7.99. The van der Waals surface area contributed by atoms with Gasteiger partial charge in [0.25, 0.3) is 11.8 Å². The van der Waals surface area contributed by atoms with Crippen LogP contribution in [0.5, 0.6) is 0 Å². The average molecular weight is 398 g/mol. The molecule has 0 bridgehead atoms. The fourth-order valence-corrected chi connectivity index (χ4v) is 3.00. The van der Waals surface area contributed by atoms with Crippen molar-refractivity contribution in [3.63, 3.8) is 0 Å². The number of hydrogen-bond donors (Lipinski definition) is 4. The summed E-state index contributed by atoms with van der Waals surface area (Å²) in [5, 5.41) is 2.46. The van der Waals surface area contributed by atoms with E-state index in [1.807, 2.05) is 0 Å². The molecule has 4 amide bonds. The minimum absolute atomic E-state index is 0.0361. The van der Waals surface area contributed by atoms with Gasteiger partial charge in [0.05, 0.1) is 11.3 Å². The van der Waals surface area contributed by atoms with Crippen LogP contribution < -0.4 is 21.9 Å². The molecule has 1 aliphatic heterocycles. The molecule has 5 N–H and O–H groups in total. The number of nitrogens with two attached hydrogens (primary N) is 1. The summed E-state index contributed by atoms with van der Waals surface area (Å²) in [5.41, 5.74) is 8.31. The van der Waals surface area contributed by atoms with Crippen LogP contribution in [0.15, 0.2) is 17.0 Å². The molecule has 1 aromatic rings. The minimum atomic E-state index is -1.15. The van der Waals surface area contributed by atoms with Gasteiger partial charge in [-0.3, -0.25) is 25.2 Å². The number of anilines is 1. The van der Waals surface area contributed by atoms with E-state index in [9.17, 15) is 23.6 Å². The van der Waals surface area contributed by atoms with Gasteiger partial charge < -0.3 is 15.8 Å². The van der Waals surface area contributed by atoms with Gasteiger partial charge >= 0.3 is 6.09 Å². The molecule has 0 fully saturated rings. The number of amides is 4. The first-order chi connectivity index (χ1) is 12.5. The maximum Gasteiger partial charge on any atom is 0.405 e. The van der Waals surface area contributed by atoms with E-state index in [1.165, 1.54) is 0 Å². The van der Waals surface area contributed by atoms with Crippen LogP contribution >= 0.6 is 11.8 Å². The molecule has 27 heavy (non-hydrogen) atoms. The molecule has 1 aromatic carbocycles. The lowest BCUT2D eigenvalue weighted by atomic mass is 9.96. The zero-order valence-electron chi connectivity index (χ0n) is 14.8. The van der Waals surface area contributed by atoms with Crippen LogP contribution in [-0.2, 0) is 14.3 Å². The molecule has 1 atom stereocenters. The number of fused-ring (bicyclic) bond motifs is 1. The second-order valence-corrected chi connectivity index (χ2v) is 7.77.